The Morgan fingerprint density at radius 3 is 2.33 bits per heavy atom. The Bertz CT molecular complexity index is 395. The van der Waals surface area contributed by atoms with Crippen molar-refractivity contribution in [3.8, 4) is 0 Å². The SMILES string of the molecule is CC(C)c1ncc(CN(C)CC2CC2(C)C)cn1. The van der Waals surface area contributed by atoms with E-state index in [2.05, 4.69) is 49.6 Å². The van der Waals surface area contributed by atoms with Crippen molar-refractivity contribution in [3.63, 3.8) is 0 Å². The normalized spacial score (nSPS) is 21.6. The Morgan fingerprint density at radius 1 is 1.33 bits per heavy atom. The van der Waals surface area contributed by atoms with Gasteiger partial charge in [0.1, 0.15) is 5.82 Å². The van der Waals surface area contributed by atoms with Crippen molar-refractivity contribution in [2.75, 3.05) is 13.6 Å². The zero-order valence-electron chi connectivity index (χ0n) is 12.3. The van der Waals surface area contributed by atoms with Crippen LogP contribution in [0, 0.1) is 11.3 Å². The second kappa shape index (κ2) is 4.96. The zero-order valence-corrected chi connectivity index (χ0v) is 12.3. The molecule has 1 aromatic rings. The first-order valence-electron chi connectivity index (χ1n) is 6.88. The molecule has 0 radical (unpaired) electrons. The first-order valence-corrected chi connectivity index (χ1v) is 6.88. The molecule has 1 unspecified atom stereocenters. The first kappa shape index (κ1) is 13.5. The number of rotatable bonds is 5. The summed E-state index contributed by atoms with van der Waals surface area (Å²) in [6.07, 6.45) is 5.30. The molecule has 1 saturated carbocycles. The van der Waals surface area contributed by atoms with Crippen molar-refractivity contribution in [2.45, 2.75) is 46.6 Å². The molecule has 3 heteroatoms. The lowest BCUT2D eigenvalue weighted by molar-refractivity contribution is 0.294. The van der Waals surface area contributed by atoms with Crippen LogP contribution in [-0.2, 0) is 6.54 Å². The summed E-state index contributed by atoms with van der Waals surface area (Å²) in [7, 11) is 2.19. The smallest absolute Gasteiger partial charge is 0.130 e. The van der Waals surface area contributed by atoms with E-state index in [-0.39, 0.29) is 0 Å². The Labute approximate surface area is 111 Å². The van der Waals surface area contributed by atoms with Gasteiger partial charge in [-0.3, -0.25) is 0 Å². The largest absolute Gasteiger partial charge is 0.302 e. The molecule has 1 heterocycles. The Balaban J connectivity index is 1.85. The molecule has 3 nitrogen and oxygen atoms in total. The fourth-order valence-corrected chi connectivity index (χ4v) is 2.38. The molecule has 0 spiro atoms. The maximum atomic E-state index is 4.42. The fraction of sp³-hybridized carbons (Fsp3) is 0.733. The van der Waals surface area contributed by atoms with Crippen LogP contribution in [0.25, 0.3) is 0 Å². The van der Waals surface area contributed by atoms with Crippen LogP contribution in [0.5, 0.6) is 0 Å². The molecular formula is C15H25N3. The van der Waals surface area contributed by atoms with Crippen LogP contribution in [0.3, 0.4) is 0 Å². The summed E-state index contributed by atoms with van der Waals surface area (Å²) in [6, 6.07) is 0. The molecule has 1 fully saturated rings. The lowest BCUT2D eigenvalue weighted by atomic mass is 10.1. The van der Waals surface area contributed by atoms with Crippen molar-refractivity contribution >= 4 is 0 Å². The third-order valence-corrected chi connectivity index (χ3v) is 3.94. The quantitative estimate of drug-likeness (QED) is 0.800. The molecule has 0 amide bonds. The van der Waals surface area contributed by atoms with Gasteiger partial charge in [0.15, 0.2) is 0 Å². The summed E-state index contributed by atoms with van der Waals surface area (Å²) in [5.74, 6) is 2.20. The number of hydrogen-bond donors (Lipinski definition) is 0. The molecule has 1 atom stereocenters. The van der Waals surface area contributed by atoms with Gasteiger partial charge in [-0.05, 0) is 24.8 Å². The molecular weight excluding hydrogens is 222 g/mol. The van der Waals surface area contributed by atoms with Gasteiger partial charge in [0.2, 0.25) is 0 Å². The van der Waals surface area contributed by atoms with Crippen molar-refractivity contribution in [2.24, 2.45) is 11.3 Å². The highest BCUT2D eigenvalue weighted by atomic mass is 15.1. The van der Waals surface area contributed by atoms with Gasteiger partial charge in [0, 0.05) is 37.0 Å². The Hall–Kier alpha value is -0.960. The van der Waals surface area contributed by atoms with Crippen molar-refractivity contribution in [1.29, 1.82) is 0 Å². The Kier molecular flexibility index (Phi) is 3.71. The third kappa shape index (κ3) is 3.29. The van der Waals surface area contributed by atoms with Crippen LogP contribution in [-0.4, -0.2) is 28.5 Å². The Morgan fingerprint density at radius 2 is 1.89 bits per heavy atom. The average molecular weight is 247 g/mol. The lowest BCUT2D eigenvalue weighted by Gasteiger charge is -2.17. The molecule has 0 saturated heterocycles. The minimum Gasteiger partial charge on any atom is -0.302 e. The van der Waals surface area contributed by atoms with Gasteiger partial charge >= 0.3 is 0 Å². The highest BCUT2D eigenvalue weighted by Gasteiger charge is 2.45. The van der Waals surface area contributed by atoms with Gasteiger partial charge in [0.25, 0.3) is 0 Å². The summed E-state index contributed by atoms with van der Waals surface area (Å²) < 4.78 is 0. The fourth-order valence-electron chi connectivity index (χ4n) is 2.38. The molecule has 100 valence electrons. The molecule has 1 aromatic heterocycles. The highest BCUT2D eigenvalue weighted by molar-refractivity contribution is 5.07. The maximum absolute atomic E-state index is 4.42. The molecule has 0 aliphatic heterocycles. The van der Waals surface area contributed by atoms with Gasteiger partial charge in [-0.25, -0.2) is 9.97 Å². The molecule has 1 aliphatic carbocycles. The standard InChI is InChI=1S/C15H25N3/c1-11(2)14-16-7-12(8-17-14)9-18(5)10-13-6-15(13,3)4/h7-8,11,13H,6,9-10H2,1-5H3. The average Bonchev–Trinajstić information content (AvgIpc) is 2.86. The van der Waals surface area contributed by atoms with E-state index in [1.807, 2.05) is 12.4 Å². The second-order valence-electron chi connectivity index (χ2n) is 6.69. The summed E-state index contributed by atoms with van der Waals surface area (Å²) in [5.41, 5.74) is 1.77. The van der Waals surface area contributed by atoms with Gasteiger partial charge in [-0.1, -0.05) is 27.7 Å². The van der Waals surface area contributed by atoms with Crippen LogP contribution in [0.2, 0.25) is 0 Å². The van der Waals surface area contributed by atoms with Crippen molar-refractivity contribution in [1.82, 2.24) is 14.9 Å². The van der Waals surface area contributed by atoms with Crippen molar-refractivity contribution < 1.29 is 0 Å². The van der Waals surface area contributed by atoms with E-state index >= 15 is 0 Å². The molecule has 1 aliphatic rings. The number of hydrogen-bond acceptors (Lipinski definition) is 3. The topological polar surface area (TPSA) is 29.0 Å². The van der Waals surface area contributed by atoms with Crippen LogP contribution < -0.4 is 0 Å². The monoisotopic (exact) mass is 247 g/mol. The van der Waals surface area contributed by atoms with Gasteiger partial charge in [0.05, 0.1) is 0 Å². The summed E-state index contributed by atoms with van der Waals surface area (Å²) in [6.45, 7) is 11.1. The van der Waals surface area contributed by atoms with Crippen LogP contribution in [0.4, 0.5) is 0 Å². The van der Waals surface area contributed by atoms with E-state index in [4.69, 9.17) is 0 Å². The molecule has 0 bridgehead atoms. The number of aromatic nitrogens is 2. The molecule has 2 rings (SSSR count). The third-order valence-electron chi connectivity index (χ3n) is 3.94. The molecule has 0 N–H and O–H groups in total. The van der Waals surface area contributed by atoms with Crippen LogP contribution in [0.15, 0.2) is 12.4 Å². The zero-order chi connectivity index (χ0) is 13.3. The lowest BCUT2D eigenvalue weighted by Crippen LogP contribution is -2.22. The minimum atomic E-state index is 0.407. The second-order valence-corrected chi connectivity index (χ2v) is 6.69. The van der Waals surface area contributed by atoms with Gasteiger partial charge in [-0.2, -0.15) is 0 Å². The first-order chi connectivity index (χ1) is 8.38. The van der Waals surface area contributed by atoms with E-state index in [0.29, 0.717) is 11.3 Å². The molecule has 18 heavy (non-hydrogen) atoms. The summed E-state index contributed by atoms with van der Waals surface area (Å²) in [5, 5.41) is 0. The van der Waals surface area contributed by atoms with E-state index in [1.54, 1.807) is 0 Å². The number of nitrogens with zero attached hydrogens (tertiary/aromatic N) is 3. The van der Waals surface area contributed by atoms with E-state index in [1.165, 1.54) is 18.5 Å². The van der Waals surface area contributed by atoms with Gasteiger partial charge < -0.3 is 4.90 Å². The van der Waals surface area contributed by atoms with E-state index < -0.39 is 0 Å². The van der Waals surface area contributed by atoms with E-state index in [9.17, 15) is 0 Å². The maximum Gasteiger partial charge on any atom is 0.130 e. The van der Waals surface area contributed by atoms with Crippen LogP contribution >= 0.6 is 0 Å². The predicted molar refractivity (Wildman–Crippen MR) is 74.3 cm³/mol. The van der Waals surface area contributed by atoms with Crippen LogP contribution in [0.1, 0.15) is 51.4 Å². The van der Waals surface area contributed by atoms with E-state index in [0.717, 1.165) is 18.3 Å². The molecule has 0 aromatic carbocycles. The highest BCUT2D eigenvalue weighted by Crippen LogP contribution is 2.51. The minimum absolute atomic E-state index is 0.407. The van der Waals surface area contributed by atoms with Gasteiger partial charge in [-0.15, -0.1) is 0 Å². The van der Waals surface area contributed by atoms with Crippen molar-refractivity contribution in [3.05, 3.63) is 23.8 Å². The summed E-state index contributed by atoms with van der Waals surface area (Å²) >= 11 is 0. The predicted octanol–water partition coefficient (Wildman–Crippen LogP) is 3.08. The summed E-state index contributed by atoms with van der Waals surface area (Å²) in [4.78, 5) is 11.2.